The smallest absolute Gasteiger partial charge is 0.396 e. The topological polar surface area (TPSA) is 124 Å². The molecular weight excluding hydrogens is 611 g/mol. The van der Waals surface area contributed by atoms with Gasteiger partial charge in [0.15, 0.2) is 0 Å². The number of aryl methyl sites for hydroxylation is 1. The number of nitrogens with zero attached hydrogens (tertiary/aromatic N) is 2. The highest BCUT2D eigenvalue weighted by Crippen LogP contribution is 2.51. The molecule has 0 radical (unpaired) electrons. The number of H-pyrrole nitrogens is 1. The number of nitrogens with one attached hydrogen (secondary N) is 1. The van der Waals surface area contributed by atoms with E-state index >= 15 is 0 Å². The lowest BCUT2D eigenvalue weighted by atomic mass is 9.86. The van der Waals surface area contributed by atoms with E-state index in [1.165, 1.54) is 12.5 Å². The molecule has 2 atom stereocenters. The number of anilines is 1. The molecular formula is C27H26F7N3O5S. The number of sulfonamides is 1. The summed E-state index contributed by atoms with van der Waals surface area (Å²) in [4.78, 5) is 19.4. The Morgan fingerprint density at radius 2 is 1.72 bits per heavy atom. The number of fused-ring (bicyclic) bond motifs is 1. The van der Waals surface area contributed by atoms with Crippen molar-refractivity contribution in [2.75, 3.05) is 10.9 Å². The average molecular weight is 638 g/mol. The van der Waals surface area contributed by atoms with E-state index in [9.17, 15) is 54.2 Å². The zero-order chi connectivity index (χ0) is 31.8. The lowest BCUT2D eigenvalue weighted by molar-refractivity contribution is -0.376. The van der Waals surface area contributed by atoms with E-state index in [0.717, 1.165) is 34.6 Å². The molecule has 2 heterocycles. The first kappa shape index (κ1) is 32.4. The maximum absolute atomic E-state index is 13.8. The number of ketones is 1. The van der Waals surface area contributed by atoms with Crippen LogP contribution >= 0.6 is 0 Å². The summed E-state index contributed by atoms with van der Waals surface area (Å²) in [5, 5.41) is 19.6. The van der Waals surface area contributed by atoms with Gasteiger partial charge in [-0.3, -0.25) is 9.10 Å². The molecule has 3 aromatic rings. The van der Waals surface area contributed by atoms with Crippen molar-refractivity contribution >= 4 is 21.5 Å². The van der Waals surface area contributed by atoms with Crippen LogP contribution in [0.1, 0.15) is 36.1 Å². The highest BCUT2D eigenvalue weighted by atomic mass is 32.2. The summed E-state index contributed by atoms with van der Waals surface area (Å²) in [5.74, 6) is -1.76. The van der Waals surface area contributed by atoms with E-state index in [1.54, 1.807) is 0 Å². The number of aromatic nitrogens is 2. The zero-order valence-electron chi connectivity index (χ0n) is 22.2. The van der Waals surface area contributed by atoms with Gasteiger partial charge in [0.1, 0.15) is 11.6 Å². The Labute approximate surface area is 241 Å². The van der Waals surface area contributed by atoms with Gasteiger partial charge in [-0.05, 0) is 61.1 Å². The highest BCUT2D eigenvalue weighted by Gasteiger charge is 2.71. The second-order valence-corrected chi connectivity index (χ2v) is 12.1. The van der Waals surface area contributed by atoms with Crippen LogP contribution in [0.2, 0.25) is 0 Å². The number of benzene rings is 2. The zero-order valence-corrected chi connectivity index (χ0v) is 23.0. The van der Waals surface area contributed by atoms with Crippen molar-refractivity contribution in [3.63, 3.8) is 0 Å². The Bertz CT molecular complexity index is 1530. The van der Waals surface area contributed by atoms with Gasteiger partial charge in [-0.2, -0.15) is 26.3 Å². The number of hydrogen-bond donors (Lipinski definition) is 3. The van der Waals surface area contributed by atoms with Crippen molar-refractivity contribution in [2.45, 2.75) is 61.0 Å². The second-order valence-electron chi connectivity index (χ2n) is 10.3. The van der Waals surface area contributed by atoms with Crippen LogP contribution in [0.4, 0.5) is 36.4 Å². The van der Waals surface area contributed by atoms with Crippen molar-refractivity contribution in [3.05, 3.63) is 77.6 Å². The van der Waals surface area contributed by atoms with Crippen molar-refractivity contribution in [1.82, 2.24) is 9.97 Å². The summed E-state index contributed by atoms with van der Waals surface area (Å²) < 4.78 is 123. The highest BCUT2D eigenvalue weighted by molar-refractivity contribution is 7.92. The molecule has 3 N–H and O–H groups in total. The molecule has 1 aliphatic heterocycles. The van der Waals surface area contributed by atoms with Crippen molar-refractivity contribution in [1.29, 1.82) is 0 Å². The number of aromatic amines is 1. The van der Waals surface area contributed by atoms with Gasteiger partial charge in [0.25, 0.3) is 15.6 Å². The Hall–Kier alpha value is -3.50. The third kappa shape index (κ3) is 6.40. The van der Waals surface area contributed by atoms with E-state index in [1.807, 2.05) is 0 Å². The Morgan fingerprint density at radius 3 is 2.28 bits per heavy atom. The lowest BCUT2D eigenvalue weighted by Crippen LogP contribution is -2.54. The fourth-order valence-corrected chi connectivity index (χ4v) is 6.87. The molecule has 0 amide bonds. The number of alkyl halides is 6. The largest absolute Gasteiger partial charge is 0.430 e. The van der Waals surface area contributed by atoms with Crippen LogP contribution in [-0.2, 0) is 33.3 Å². The van der Waals surface area contributed by atoms with E-state index in [2.05, 4.69) is 9.97 Å². The molecule has 16 heteroatoms. The number of hydrogen-bond acceptors (Lipinski definition) is 6. The minimum atomic E-state index is -6.15. The number of carbonyl (C=O) groups is 1. The van der Waals surface area contributed by atoms with Gasteiger partial charge in [0.05, 0.1) is 23.0 Å². The fraction of sp³-hybridized carbons (Fsp3) is 0.407. The van der Waals surface area contributed by atoms with E-state index < -0.39 is 68.4 Å². The van der Waals surface area contributed by atoms with Crippen LogP contribution in [0.5, 0.6) is 0 Å². The third-order valence-electron chi connectivity index (χ3n) is 7.31. The third-order valence-corrected chi connectivity index (χ3v) is 9.19. The van der Waals surface area contributed by atoms with Crippen LogP contribution in [0.3, 0.4) is 0 Å². The molecule has 1 aromatic heterocycles. The normalized spacial score (nSPS) is 17.0. The van der Waals surface area contributed by atoms with Gasteiger partial charge < -0.3 is 15.2 Å². The summed E-state index contributed by atoms with van der Waals surface area (Å²) in [6.45, 7) is -0.375. The summed E-state index contributed by atoms with van der Waals surface area (Å²) in [6.07, 6.45) is -10.1. The van der Waals surface area contributed by atoms with Gasteiger partial charge in [0, 0.05) is 36.9 Å². The van der Waals surface area contributed by atoms with E-state index in [0.29, 0.717) is 17.8 Å². The Balaban J connectivity index is 1.73. The molecule has 0 unspecified atom stereocenters. The molecule has 0 bridgehead atoms. The summed E-state index contributed by atoms with van der Waals surface area (Å²) in [5.41, 5.74) is -6.67. The number of halogens is 7. The molecule has 0 fully saturated rings. The minimum Gasteiger partial charge on any atom is -0.396 e. The molecule has 0 saturated carbocycles. The first-order valence-electron chi connectivity index (χ1n) is 12.9. The lowest BCUT2D eigenvalue weighted by Gasteiger charge is -2.39. The van der Waals surface area contributed by atoms with Crippen LogP contribution < -0.4 is 4.31 Å². The number of Topliss-reactive ketones (excluding diaryl/α,β-unsaturated/α-hetero) is 1. The van der Waals surface area contributed by atoms with Gasteiger partial charge in [-0.15, -0.1) is 0 Å². The molecule has 2 aromatic carbocycles. The molecule has 4 rings (SSSR count). The standard InChI is InChI=1S/C27H26F7N3O5S/c28-19-3-6-23(7-4-19)43(41,42)37-21(12-22(39)10-16(14-38)9-20-13-35-15-36-20)5-1-17-11-18(2-8-24(17)37)25(40,26(29,30)31)27(32,33)34/h2-4,6-8,11,13,15-16,21,38,40H,1,5,9-10,12,14H2,(H,35,36)/t16-,21+/m1/s1. The predicted octanol–water partition coefficient (Wildman–Crippen LogP) is 4.57. The van der Waals surface area contributed by atoms with Crippen LogP contribution in [0.15, 0.2) is 59.9 Å². The number of aliphatic hydroxyl groups excluding tert-OH is 1. The first-order valence-corrected chi connectivity index (χ1v) is 14.3. The van der Waals surface area contributed by atoms with E-state index in [4.69, 9.17) is 0 Å². The maximum atomic E-state index is 13.8. The number of imidazole rings is 1. The molecule has 1 aliphatic rings. The average Bonchev–Trinajstić information content (AvgIpc) is 3.43. The van der Waals surface area contributed by atoms with Gasteiger partial charge in [-0.25, -0.2) is 17.8 Å². The van der Waals surface area contributed by atoms with Crippen LogP contribution in [0.25, 0.3) is 0 Å². The molecule has 0 spiro atoms. The number of carbonyl (C=O) groups excluding carboxylic acids is 1. The van der Waals surface area contributed by atoms with Crippen molar-refractivity contribution in [2.24, 2.45) is 5.92 Å². The SMILES string of the molecule is O=C(C[C@H](CO)Cc1cnc[nH]1)C[C@@H]1CCc2cc(C(O)(C(F)(F)F)C(F)(F)F)ccc2N1S(=O)(=O)c1ccc(F)cc1. The Morgan fingerprint density at radius 1 is 1.07 bits per heavy atom. The first-order chi connectivity index (χ1) is 20.0. The Kier molecular flexibility index (Phi) is 8.96. The molecule has 234 valence electrons. The van der Waals surface area contributed by atoms with Crippen molar-refractivity contribution < 1.29 is 54.2 Å². The quantitative estimate of drug-likeness (QED) is 0.280. The van der Waals surface area contributed by atoms with Gasteiger partial charge in [-0.1, -0.05) is 12.1 Å². The second kappa shape index (κ2) is 11.9. The minimum absolute atomic E-state index is 0.160. The predicted molar refractivity (Wildman–Crippen MR) is 138 cm³/mol. The van der Waals surface area contributed by atoms with E-state index in [-0.39, 0.29) is 43.5 Å². The monoisotopic (exact) mass is 637 g/mol. The number of aliphatic hydroxyl groups is 2. The summed E-state index contributed by atoms with van der Waals surface area (Å²) in [6, 6.07) is 3.98. The maximum Gasteiger partial charge on any atom is 0.430 e. The molecule has 8 nitrogen and oxygen atoms in total. The summed E-state index contributed by atoms with van der Waals surface area (Å²) in [7, 11) is -4.62. The fourth-order valence-electron chi connectivity index (χ4n) is 5.16. The molecule has 43 heavy (non-hydrogen) atoms. The summed E-state index contributed by atoms with van der Waals surface area (Å²) >= 11 is 0. The van der Waals surface area contributed by atoms with Gasteiger partial charge >= 0.3 is 12.4 Å². The molecule has 0 saturated heterocycles. The van der Waals surface area contributed by atoms with Crippen LogP contribution in [-0.4, -0.2) is 59.4 Å². The van der Waals surface area contributed by atoms with Gasteiger partial charge in [0.2, 0.25) is 0 Å². The number of rotatable bonds is 10. The van der Waals surface area contributed by atoms with Crippen molar-refractivity contribution in [3.8, 4) is 0 Å². The molecule has 0 aliphatic carbocycles. The van der Waals surface area contributed by atoms with Crippen LogP contribution in [0, 0.1) is 11.7 Å².